The topological polar surface area (TPSA) is 21.7 Å². The first-order valence-electron chi connectivity index (χ1n) is 10.7. The van der Waals surface area contributed by atoms with Crippen LogP contribution < -0.4 is 9.47 Å². The van der Waals surface area contributed by atoms with E-state index in [-0.39, 0.29) is 17.8 Å². The van der Waals surface area contributed by atoms with Gasteiger partial charge in [0.05, 0.1) is 6.61 Å². The molecule has 0 radical (unpaired) electrons. The normalized spacial score (nSPS) is 19.4. The first kappa shape index (κ1) is 20.4. The molecule has 2 atom stereocenters. The fraction of sp³-hybridized carbons (Fsp3) is 0.308. The number of nitrogens with zero attached hydrogens (tertiary/aromatic N) is 1. The summed E-state index contributed by atoms with van der Waals surface area (Å²) in [6, 6.07) is 26.8. The van der Waals surface area contributed by atoms with Gasteiger partial charge in [-0.15, -0.1) is 0 Å². The average Bonchev–Trinajstić information content (AvgIpc) is 2.80. The van der Waals surface area contributed by atoms with Crippen LogP contribution in [0.4, 0.5) is 4.39 Å². The largest absolute Gasteiger partial charge is 0.494 e. The van der Waals surface area contributed by atoms with Crippen molar-refractivity contribution in [1.82, 2.24) is 4.90 Å². The van der Waals surface area contributed by atoms with Crippen molar-refractivity contribution in [1.29, 1.82) is 0 Å². The molecule has 0 aliphatic carbocycles. The molecule has 30 heavy (non-hydrogen) atoms. The second kappa shape index (κ2) is 10.3. The Bertz CT molecular complexity index is 886. The molecule has 3 aromatic carbocycles. The van der Waals surface area contributed by atoms with Crippen molar-refractivity contribution in [3.8, 4) is 11.5 Å². The van der Waals surface area contributed by atoms with Gasteiger partial charge < -0.3 is 14.4 Å². The maximum atomic E-state index is 13.2. The number of para-hydroxylation sites is 1. The molecule has 3 nitrogen and oxygen atoms in total. The second-order valence-corrected chi connectivity index (χ2v) is 7.73. The van der Waals surface area contributed by atoms with Gasteiger partial charge in [-0.25, -0.2) is 4.39 Å². The molecule has 0 bridgehead atoms. The zero-order chi connectivity index (χ0) is 20.6. The van der Waals surface area contributed by atoms with Gasteiger partial charge in [0.2, 0.25) is 0 Å². The Morgan fingerprint density at radius 2 is 1.53 bits per heavy atom. The summed E-state index contributed by atoms with van der Waals surface area (Å²) in [7, 11) is 0. The monoisotopic (exact) mass is 405 g/mol. The van der Waals surface area contributed by atoms with Gasteiger partial charge in [0.15, 0.2) is 0 Å². The molecule has 4 rings (SSSR count). The summed E-state index contributed by atoms with van der Waals surface area (Å²) in [6.45, 7) is 3.65. The Balaban J connectivity index is 1.35. The summed E-state index contributed by atoms with van der Waals surface area (Å²) in [5.74, 6) is 1.69. The van der Waals surface area contributed by atoms with Crippen molar-refractivity contribution < 1.29 is 13.9 Å². The van der Waals surface area contributed by atoms with Gasteiger partial charge in [0.1, 0.15) is 23.4 Å². The van der Waals surface area contributed by atoms with Gasteiger partial charge in [-0.05, 0) is 54.8 Å². The maximum Gasteiger partial charge on any atom is 0.123 e. The number of likely N-dealkylation sites (tertiary alicyclic amines) is 1. The third-order valence-electron chi connectivity index (χ3n) is 5.59. The van der Waals surface area contributed by atoms with Gasteiger partial charge in [-0.1, -0.05) is 48.5 Å². The summed E-state index contributed by atoms with van der Waals surface area (Å²) in [4.78, 5) is 2.50. The molecule has 0 spiro atoms. The first-order chi connectivity index (χ1) is 14.8. The second-order valence-electron chi connectivity index (χ2n) is 7.73. The lowest BCUT2D eigenvalue weighted by atomic mass is 9.87. The Labute approximate surface area is 178 Å². The van der Waals surface area contributed by atoms with Crippen molar-refractivity contribution in [3.05, 3.63) is 96.3 Å². The van der Waals surface area contributed by atoms with E-state index < -0.39 is 0 Å². The summed E-state index contributed by atoms with van der Waals surface area (Å²) >= 11 is 0. The van der Waals surface area contributed by atoms with Crippen molar-refractivity contribution in [2.45, 2.75) is 24.9 Å². The van der Waals surface area contributed by atoms with E-state index in [4.69, 9.17) is 9.47 Å². The van der Waals surface area contributed by atoms with Crippen molar-refractivity contribution in [3.63, 3.8) is 0 Å². The minimum Gasteiger partial charge on any atom is -0.494 e. The highest BCUT2D eigenvalue weighted by molar-refractivity contribution is 5.26. The number of rotatable bonds is 8. The molecule has 1 aliphatic rings. The summed E-state index contributed by atoms with van der Waals surface area (Å²) in [5, 5.41) is 0. The van der Waals surface area contributed by atoms with Crippen LogP contribution in [0.15, 0.2) is 84.9 Å². The fourth-order valence-electron chi connectivity index (χ4n) is 4.05. The number of ether oxygens (including phenoxy) is 2. The molecule has 1 aliphatic heterocycles. The van der Waals surface area contributed by atoms with E-state index in [0.29, 0.717) is 6.61 Å². The summed E-state index contributed by atoms with van der Waals surface area (Å²) in [6.07, 6.45) is 2.01. The molecular weight excluding hydrogens is 377 g/mol. The Kier molecular flexibility index (Phi) is 6.99. The zero-order valence-corrected chi connectivity index (χ0v) is 17.1. The lowest BCUT2D eigenvalue weighted by Crippen LogP contribution is -2.44. The number of benzene rings is 3. The maximum absolute atomic E-state index is 13.2. The van der Waals surface area contributed by atoms with Crippen molar-refractivity contribution >= 4 is 0 Å². The third kappa shape index (κ3) is 5.61. The molecular formula is C26H28FNO2. The van der Waals surface area contributed by atoms with Crippen LogP contribution in [0.1, 0.15) is 24.3 Å². The molecule has 156 valence electrons. The quantitative estimate of drug-likeness (QED) is 0.460. The molecule has 0 unspecified atom stereocenters. The predicted molar refractivity (Wildman–Crippen MR) is 118 cm³/mol. The van der Waals surface area contributed by atoms with E-state index >= 15 is 0 Å². The van der Waals surface area contributed by atoms with Crippen LogP contribution in [0, 0.1) is 5.82 Å². The predicted octanol–water partition coefficient (Wildman–Crippen LogP) is 5.53. The van der Waals surface area contributed by atoms with E-state index in [2.05, 4.69) is 29.2 Å². The smallest absolute Gasteiger partial charge is 0.123 e. The van der Waals surface area contributed by atoms with Gasteiger partial charge >= 0.3 is 0 Å². The van der Waals surface area contributed by atoms with E-state index in [9.17, 15) is 4.39 Å². The molecule has 4 heteroatoms. The Hall–Kier alpha value is -2.85. The van der Waals surface area contributed by atoms with Crippen LogP contribution in [0.2, 0.25) is 0 Å². The Morgan fingerprint density at radius 3 is 2.27 bits per heavy atom. The molecule has 0 amide bonds. The van der Waals surface area contributed by atoms with Gasteiger partial charge in [-0.3, -0.25) is 0 Å². The van der Waals surface area contributed by atoms with Crippen LogP contribution in [0.5, 0.6) is 11.5 Å². The van der Waals surface area contributed by atoms with Crippen LogP contribution in [-0.4, -0.2) is 37.2 Å². The summed E-state index contributed by atoms with van der Waals surface area (Å²) in [5.41, 5.74) is 1.29. The van der Waals surface area contributed by atoms with Crippen LogP contribution >= 0.6 is 0 Å². The van der Waals surface area contributed by atoms with Gasteiger partial charge in [0.25, 0.3) is 0 Å². The first-order valence-corrected chi connectivity index (χ1v) is 10.7. The van der Waals surface area contributed by atoms with Crippen LogP contribution in [0.3, 0.4) is 0 Å². The van der Waals surface area contributed by atoms with Gasteiger partial charge in [0, 0.05) is 25.6 Å². The minimum absolute atomic E-state index is 0.0784. The molecule has 0 aromatic heterocycles. The highest BCUT2D eigenvalue weighted by Crippen LogP contribution is 2.31. The zero-order valence-electron chi connectivity index (χ0n) is 17.1. The van der Waals surface area contributed by atoms with Crippen molar-refractivity contribution in [2.75, 3.05) is 26.2 Å². The number of hydrogen-bond acceptors (Lipinski definition) is 3. The highest BCUT2D eigenvalue weighted by atomic mass is 19.1. The molecule has 0 saturated carbocycles. The number of piperidine rings is 1. The summed E-state index contributed by atoms with van der Waals surface area (Å²) < 4.78 is 25.4. The van der Waals surface area contributed by atoms with E-state index in [0.717, 1.165) is 44.0 Å². The molecule has 1 saturated heterocycles. The minimum atomic E-state index is -0.241. The molecule has 1 heterocycles. The SMILES string of the molecule is Fc1ccc(O[C@H]2CCN(CCCOc3ccccc3)C[C@@H]2c2ccccc2)cc1. The van der Waals surface area contributed by atoms with E-state index in [1.165, 1.54) is 17.7 Å². The standard InChI is InChI=1S/C26H28FNO2/c27-22-12-14-24(15-13-22)30-26-16-18-28(20-25(26)21-8-3-1-4-9-21)17-7-19-29-23-10-5-2-6-11-23/h1-6,8-15,25-26H,7,16-20H2/t25-,26+/m1/s1. The van der Waals surface area contributed by atoms with Crippen LogP contribution in [-0.2, 0) is 0 Å². The van der Waals surface area contributed by atoms with E-state index in [1.807, 2.05) is 36.4 Å². The lowest BCUT2D eigenvalue weighted by molar-refractivity contribution is 0.0749. The third-order valence-corrected chi connectivity index (χ3v) is 5.59. The molecule has 3 aromatic rings. The average molecular weight is 406 g/mol. The lowest BCUT2D eigenvalue weighted by Gasteiger charge is -2.39. The van der Waals surface area contributed by atoms with Gasteiger partial charge in [-0.2, -0.15) is 0 Å². The van der Waals surface area contributed by atoms with E-state index in [1.54, 1.807) is 12.1 Å². The number of halogens is 1. The fourth-order valence-corrected chi connectivity index (χ4v) is 4.05. The van der Waals surface area contributed by atoms with Crippen molar-refractivity contribution in [2.24, 2.45) is 0 Å². The molecule has 1 fully saturated rings. The highest BCUT2D eigenvalue weighted by Gasteiger charge is 2.31. The number of hydrogen-bond donors (Lipinski definition) is 0. The Morgan fingerprint density at radius 1 is 0.833 bits per heavy atom. The molecule has 0 N–H and O–H groups in total. The van der Waals surface area contributed by atoms with Crippen LogP contribution in [0.25, 0.3) is 0 Å².